The maximum Gasteiger partial charge on any atom is 0.243 e. The highest BCUT2D eigenvalue weighted by Gasteiger charge is 1.84. The van der Waals surface area contributed by atoms with E-state index in [2.05, 4.69) is 10.5 Å². The Hall–Kier alpha value is -0.570. The van der Waals surface area contributed by atoms with Crippen molar-refractivity contribution in [2.45, 2.75) is 13.8 Å². The minimum atomic E-state index is -0.433. The number of carbonyl (C=O) groups excluding carboxylic acids is 1. The number of amides is 1. The molecule has 3 nitrogen and oxygen atoms in total. The van der Waals surface area contributed by atoms with Gasteiger partial charge in [0.05, 0.1) is 0 Å². The van der Waals surface area contributed by atoms with Gasteiger partial charge >= 0.3 is 0 Å². The lowest BCUT2D eigenvalue weighted by atomic mass is 10.7. The third kappa shape index (κ3) is 18.0. The quantitative estimate of drug-likeness (QED) is 0.562. The van der Waals surface area contributed by atoms with E-state index in [-0.39, 0.29) is 6.61 Å². The molecule has 0 atom stereocenters. The van der Waals surface area contributed by atoms with Crippen molar-refractivity contribution in [1.29, 1.82) is 0 Å². The van der Waals surface area contributed by atoms with Gasteiger partial charge in [-0.2, -0.15) is 0 Å². The first-order chi connectivity index (χ1) is 3.77. The highest BCUT2D eigenvalue weighted by atomic mass is 16.5. The lowest BCUT2D eigenvalue weighted by Crippen LogP contribution is -2.16. The number of ether oxygens (including phenoxy) is 1. The van der Waals surface area contributed by atoms with E-state index in [0.29, 0.717) is 0 Å². The van der Waals surface area contributed by atoms with E-state index in [0.717, 1.165) is 0 Å². The molecular weight excluding hydrogens is 106 g/mol. The van der Waals surface area contributed by atoms with Crippen LogP contribution in [-0.2, 0) is 9.53 Å². The highest BCUT2D eigenvalue weighted by molar-refractivity contribution is 5.74. The summed E-state index contributed by atoms with van der Waals surface area (Å²) in [6.45, 7) is 4.01. The van der Waals surface area contributed by atoms with Crippen molar-refractivity contribution in [2.24, 2.45) is 5.73 Å². The van der Waals surface area contributed by atoms with Crippen molar-refractivity contribution in [3.63, 3.8) is 0 Å². The van der Waals surface area contributed by atoms with E-state index in [1.54, 1.807) is 0 Å². The number of rotatable bonds is 2. The molecule has 0 aliphatic carbocycles. The largest absolute Gasteiger partial charge is 0.375 e. The Morgan fingerprint density at radius 3 is 2.00 bits per heavy atom. The van der Waals surface area contributed by atoms with Crippen LogP contribution < -0.4 is 5.73 Å². The Bertz CT molecular complexity index is 54.4. The summed E-state index contributed by atoms with van der Waals surface area (Å²) < 4.78 is 4.33. The van der Waals surface area contributed by atoms with Gasteiger partial charge < -0.3 is 10.5 Å². The molecule has 0 unspecified atom stereocenters. The number of nitrogens with two attached hydrogens (primary N) is 1. The molecule has 0 spiro atoms. The first kappa shape index (κ1) is 10.4. The van der Waals surface area contributed by atoms with Crippen molar-refractivity contribution in [1.82, 2.24) is 0 Å². The second-order valence-electron chi connectivity index (χ2n) is 0.899. The van der Waals surface area contributed by atoms with Crippen molar-refractivity contribution >= 4 is 5.91 Å². The van der Waals surface area contributed by atoms with Gasteiger partial charge in [0, 0.05) is 7.11 Å². The normalized spacial score (nSPS) is 6.88. The molecule has 0 radical (unpaired) electrons. The summed E-state index contributed by atoms with van der Waals surface area (Å²) in [7, 11) is 1.42. The van der Waals surface area contributed by atoms with Crippen molar-refractivity contribution < 1.29 is 9.53 Å². The lowest BCUT2D eigenvalue weighted by molar-refractivity contribution is -0.121. The van der Waals surface area contributed by atoms with Crippen LogP contribution in [0.25, 0.3) is 0 Å². The minimum absolute atomic E-state index is 0.0139. The van der Waals surface area contributed by atoms with E-state index in [1.807, 2.05) is 13.8 Å². The number of hydrogen-bond donors (Lipinski definition) is 1. The number of primary amides is 1. The van der Waals surface area contributed by atoms with Gasteiger partial charge in [0.15, 0.2) is 0 Å². The molecule has 50 valence electrons. The second-order valence-corrected chi connectivity index (χ2v) is 0.899. The van der Waals surface area contributed by atoms with E-state index in [9.17, 15) is 4.79 Å². The zero-order valence-corrected chi connectivity index (χ0v) is 5.60. The van der Waals surface area contributed by atoms with Crippen LogP contribution >= 0.6 is 0 Å². The monoisotopic (exact) mass is 119 g/mol. The minimum Gasteiger partial charge on any atom is -0.375 e. The van der Waals surface area contributed by atoms with E-state index in [4.69, 9.17) is 0 Å². The van der Waals surface area contributed by atoms with Gasteiger partial charge in [-0.05, 0) is 0 Å². The maximum atomic E-state index is 9.70. The topological polar surface area (TPSA) is 52.3 Å². The van der Waals surface area contributed by atoms with Gasteiger partial charge in [-0.25, -0.2) is 0 Å². The fraction of sp³-hybridized carbons (Fsp3) is 0.800. The molecule has 0 aromatic rings. The molecule has 0 aromatic carbocycles. The van der Waals surface area contributed by atoms with Gasteiger partial charge in [-0.15, -0.1) is 0 Å². The molecular formula is C5H13NO2. The van der Waals surface area contributed by atoms with Crippen LogP contribution in [0.1, 0.15) is 13.8 Å². The third-order valence-electron chi connectivity index (χ3n) is 0.287. The molecule has 0 heterocycles. The number of hydrogen-bond acceptors (Lipinski definition) is 2. The van der Waals surface area contributed by atoms with Crippen LogP contribution in [-0.4, -0.2) is 19.6 Å². The predicted octanol–water partition coefficient (Wildman–Crippen LogP) is 0.144. The lowest BCUT2D eigenvalue weighted by Gasteiger charge is -1.85. The number of carbonyl (C=O) groups is 1. The smallest absolute Gasteiger partial charge is 0.243 e. The van der Waals surface area contributed by atoms with Crippen molar-refractivity contribution in [3.05, 3.63) is 0 Å². The predicted molar refractivity (Wildman–Crippen MR) is 32.4 cm³/mol. The molecule has 0 saturated heterocycles. The van der Waals surface area contributed by atoms with Crippen molar-refractivity contribution in [3.8, 4) is 0 Å². The highest BCUT2D eigenvalue weighted by Crippen LogP contribution is 1.58. The summed E-state index contributed by atoms with van der Waals surface area (Å²) in [6, 6.07) is 0. The van der Waals surface area contributed by atoms with E-state index in [1.165, 1.54) is 7.11 Å². The molecule has 0 bridgehead atoms. The third-order valence-corrected chi connectivity index (χ3v) is 0.287. The molecule has 2 N–H and O–H groups in total. The standard InChI is InChI=1S/C3H7NO2.C2H6/c1-6-2-3(4)5;1-2/h2H2,1H3,(H2,4,5);1-2H3. The van der Waals surface area contributed by atoms with Crippen molar-refractivity contribution in [2.75, 3.05) is 13.7 Å². The molecule has 3 heteroatoms. The van der Waals surface area contributed by atoms with Gasteiger partial charge in [-0.1, -0.05) is 13.8 Å². The average Bonchev–Trinajstić information content (AvgIpc) is 1.72. The Morgan fingerprint density at radius 1 is 1.62 bits per heavy atom. The van der Waals surface area contributed by atoms with Crippen LogP contribution in [0, 0.1) is 0 Å². The summed E-state index contributed by atoms with van der Waals surface area (Å²) in [4.78, 5) is 9.70. The Morgan fingerprint density at radius 2 is 2.00 bits per heavy atom. The Labute approximate surface area is 49.8 Å². The van der Waals surface area contributed by atoms with Crippen LogP contribution in [0.4, 0.5) is 0 Å². The Kier molecular flexibility index (Phi) is 12.6. The first-order valence-corrected chi connectivity index (χ1v) is 2.54. The van der Waals surface area contributed by atoms with Gasteiger partial charge in [0.25, 0.3) is 0 Å². The summed E-state index contributed by atoms with van der Waals surface area (Å²) in [6.07, 6.45) is 0. The molecule has 0 fully saturated rings. The first-order valence-electron chi connectivity index (χ1n) is 2.54. The maximum absolute atomic E-state index is 9.70. The second kappa shape index (κ2) is 9.66. The molecule has 0 aliphatic rings. The van der Waals surface area contributed by atoms with Crippen LogP contribution in [0.3, 0.4) is 0 Å². The van der Waals surface area contributed by atoms with Gasteiger partial charge in [0.1, 0.15) is 6.61 Å². The summed E-state index contributed by atoms with van der Waals surface area (Å²) >= 11 is 0. The van der Waals surface area contributed by atoms with Crippen LogP contribution in [0.5, 0.6) is 0 Å². The van der Waals surface area contributed by atoms with Crippen LogP contribution in [0.15, 0.2) is 0 Å². The van der Waals surface area contributed by atoms with E-state index >= 15 is 0 Å². The summed E-state index contributed by atoms with van der Waals surface area (Å²) in [5.74, 6) is -0.433. The van der Waals surface area contributed by atoms with Gasteiger partial charge in [0.2, 0.25) is 5.91 Å². The molecule has 8 heavy (non-hydrogen) atoms. The molecule has 0 saturated carbocycles. The van der Waals surface area contributed by atoms with Crippen LogP contribution in [0.2, 0.25) is 0 Å². The zero-order valence-electron chi connectivity index (χ0n) is 5.60. The molecule has 0 aromatic heterocycles. The molecule has 1 amide bonds. The Balaban J connectivity index is 0. The summed E-state index contributed by atoms with van der Waals surface area (Å²) in [5, 5.41) is 0. The number of methoxy groups -OCH3 is 1. The SMILES string of the molecule is CC.COCC(N)=O. The molecule has 0 rings (SSSR count). The fourth-order valence-corrected chi connectivity index (χ4v) is 0.142. The fourth-order valence-electron chi connectivity index (χ4n) is 0.142. The average molecular weight is 119 g/mol. The van der Waals surface area contributed by atoms with E-state index < -0.39 is 5.91 Å². The molecule has 0 aliphatic heterocycles. The summed E-state index contributed by atoms with van der Waals surface area (Å²) in [5.41, 5.74) is 4.64. The van der Waals surface area contributed by atoms with Gasteiger partial charge in [-0.3, -0.25) is 4.79 Å². The zero-order chi connectivity index (χ0) is 6.99.